The van der Waals surface area contributed by atoms with Gasteiger partial charge in [0.2, 0.25) is 0 Å². The Balaban J connectivity index is 3.10. The summed E-state index contributed by atoms with van der Waals surface area (Å²) in [4.78, 5) is 11.8. The van der Waals surface area contributed by atoms with Gasteiger partial charge in [0.05, 0.1) is 126 Å². The summed E-state index contributed by atoms with van der Waals surface area (Å²) >= 11 is 0. The molecule has 0 aromatic rings. The molecule has 0 aromatic heterocycles. The third-order valence-electron chi connectivity index (χ3n) is 6.38. The van der Waals surface area contributed by atoms with Crippen molar-refractivity contribution in [1.82, 2.24) is 0 Å². The highest BCUT2D eigenvalue weighted by molar-refractivity contribution is 5.69. The van der Waals surface area contributed by atoms with Gasteiger partial charge >= 0.3 is 5.97 Å². The van der Waals surface area contributed by atoms with Gasteiger partial charge in [0, 0.05) is 13.5 Å². The van der Waals surface area contributed by atoms with Crippen LogP contribution >= 0.6 is 0 Å². The van der Waals surface area contributed by atoms with E-state index in [1.165, 1.54) is 44.9 Å². The Morgan fingerprint density at radius 2 is 0.622 bits per heavy atom. The number of hydrogen-bond donors (Lipinski definition) is 0. The molecule has 0 aliphatic rings. The number of carbonyl (C=O) groups excluding carboxylic acids is 1. The topological polar surface area (TPSA) is 119 Å². The van der Waals surface area contributed by atoms with Gasteiger partial charge in [-0.1, -0.05) is 58.3 Å². The maximum absolute atomic E-state index is 11.8. The molecule has 0 N–H and O–H groups in total. The van der Waals surface area contributed by atoms with Crippen molar-refractivity contribution in [2.24, 2.45) is 0 Å². The number of rotatable bonds is 40. The van der Waals surface area contributed by atoms with Crippen LogP contribution in [-0.4, -0.2) is 145 Å². The molecule has 0 saturated carbocycles. The van der Waals surface area contributed by atoms with E-state index in [4.69, 9.17) is 52.1 Å². The first-order valence-corrected chi connectivity index (χ1v) is 17.2. The highest BCUT2D eigenvalue weighted by Crippen LogP contribution is 2.10. The molecule has 12 heteroatoms. The van der Waals surface area contributed by atoms with Crippen molar-refractivity contribution in [2.45, 2.75) is 71.1 Å². The average molecular weight is 655 g/mol. The first kappa shape index (κ1) is 44.1. The maximum Gasteiger partial charge on any atom is 0.305 e. The second-order valence-corrected chi connectivity index (χ2v) is 10.3. The van der Waals surface area contributed by atoms with Crippen molar-refractivity contribution in [2.75, 3.05) is 139 Å². The zero-order chi connectivity index (χ0) is 32.6. The van der Waals surface area contributed by atoms with Crippen LogP contribution in [0.1, 0.15) is 71.1 Å². The highest BCUT2D eigenvalue weighted by atomic mass is 16.6. The van der Waals surface area contributed by atoms with E-state index >= 15 is 0 Å². The van der Waals surface area contributed by atoms with E-state index in [1.807, 2.05) is 0 Å². The fourth-order valence-electron chi connectivity index (χ4n) is 3.87. The quantitative estimate of drug-likeness (QED) is 0.0695. The molecule has 0 radical (unpaired) electrons. The van der Waals surface area contributed by atoms with Gasteiger partial charge in [0.25, 0.3) is 0 Å². The van der Waals surface area contributed by atoms with Gasteiger partial charge in [-0.3, -0.25) is 4.79 Å². The summed E-state index contributed by atoms with van der Waals surface area (Å²) in [5.41, 5.74) is 0. The monoisotopic (exact) mass is 654 g/mol. The van der Waals surface area contributed by atoms with Gasteiger partial charge in [-0.2, -0.15) is 0 Å². The third-order valence-corrected chi connectivity index (χ3v) is 6.38. The Bertz CT molecular complexity index is 556. The van der Waals surface area contributed by atoms with E-state index in [-0.39, 0.29) is 5.97 Å². The first-order chi connectivity index (χ1) is 22.3. The predicted molar refractivity (Wildman–Crippen MR) is 172 cm³/mol. The van der Waals surface area contributed by atoms with E-state index in [9.17, 15) is 4.79 Å². The van der Waals surface area contributed by atoms with Gasteiger partial charge in [0.1, 0.15) is 6.61 Å². The Morgan fingerprint density at radius 3 is 0.933 bits per heavy atom. The molecule has 0 spiro atoms. The van der Waals surface area contributed by atoms with Crippen molar-refractivity contribution < 1.29 is 56.9 Å². The molecule has 270 valence electrons. The zero-order valence-corrected chi connectivity index (χ0v) is 28.6. The minimum Gasteiger partial charge on any atom is -0.463 e. The molecule has 0 aliphatic heterocycles. The van der Waals surface area contributed by atoms with Crippen LogP contribution in [-0.2, 0) is 56.9 Å². The number of methoxy groups -OCH3 is 1. The predicted octanol–water partition coefficient (Wildman–Crippen LogP) is 4.25. The average Bonchev–Trinajstić information content (AvgIpc) is 3.05. The normalized spacial score (nSPS) is 11.4. The number of hydrogen-bond acceptors (Lipinski definition) is 12. The van der Waals surface area contributed by atoms with Crippen LogP contribution in [0.2, 0.25) is 0 Å². The Hall–Kier alpha value is -0.930. The Morgan fingerprint density at radius 1 is 0.356 bits per heavy atom. The molecule has 0 aromatic carbocycles. The molecule has 0 amide bonds. The fraction of sp³-hybridized carbons (Fsp3) is 0.970. The van der Waals surface area contributed by atoms with E-state index in [1.54, 1.807) is 7.11 Å². The number of ether oxygens (including phenoxy) is 11. The van der Waals surface area contributed by atoms with Crippen molar-refractivity contribution in [3.05, 3.63) is 0 Å². The van der Waals surface area contributed by atoms with Gasteiger partial charge in [0.15, 0.2) is 0 Å². The highest BCUT2D eigenvalue weighted by Gasteiger charge is 2.03. The maximum atomic E-state index is 11.8. The summed E-state index contributed by atoms with van der Waals surface area (Å²) in [5.74, 6) is -0.135. The molecule has 0 heterocycles. The molecule has 0 bridgehead atoms. The van der Waals surface area contributed by atoms with E-state index < -0.39 is 0 Å². The van der Waals surface area contributed by atoms with Crippen molar-refractivity contribution in [3.63, 3.8) is 0 Å². The zero-order valence-electron chi connectivity index (χ0n) is 28.6. The summed E-state index contributed by atoms with van der Waals surface area (Å²) in [5, 5.41) is 0. The van der Waals surface area contributed by atoms with Gasteiger partial charge < -0.3 is 52.1 Å². The van der Waals surface area contributed by atoms with Crippen molar-refractivity contribution in [1.29, 1.82) is 0 Å². The van der Waals surface area contributed by atoms with E-state index in [0.717, 1.165) is 12.8 Å². The Kier molecular flexibility index (Phi) is 40.2. The molecule has 12 nitrogen and oxygen atoms in total. The largest absolute Gasteiger partial charge is 0.463 e. The summed E-state index contributed by atoms with van der Waals surface area (Å²) in [6.45, 7) is 12.3. The van der Waals surface area contributed by atoms with Crippen molar-refractivity contribution in [3.8, 4) is 0 Å². The summed E-state index contributed by atoms with van der Waals surface area (Å²) in [6.07, 6.45) is 11.6. The lowest BCUT2D eigenvalue weighted by Crippen LogP contribution is -2.15. The summed E-state index contributed by atoms with van der Waals surface area (Å²) in [6, 6.07) is 0. The molecular weight excluding hydrogens is 588 g/mol. The standard InChI is InChI=1S/C33H66O12/c1-3-4-5-6-7-8-9-10-11-12-33(34)45-32-31-44-30-29-43-28-27-42-26-25-41-24-23-40-22-21-39-20-19-38-18-17-37-16-15-36-14-13-35-2/h3-32H2,1-2H3. The molecule has 0 atom stereocenters. The lowest BCUT2D eigenvalue weighted by Gasteiger charge is -2.09. The van der Waals surface area contributed by atoms with Crippen LogP contribution in [0, 0.1) is 0 Å². The lowest BCUT2D eigenvalue weighted by molar-refractivity contribution is -0.145. The molecule has 45 heavy (non-hydrogen) atoms. The minimum atomic E-state index is -0.135. The fourth-order valence-corrected chi connectivity index (χ4v) is 3.87. The summed E-state index contributed by atoms with van der Waals surface area (Å²) in [7, 11) is 1.65. The van der Waals surface area contributed by atoms with Crippen LogP contribution in [0.15, 0.2) is 0 Å². The smallest absolute Gasteiger partial charge is 0.305 e. The molecule has 0 rings (SSSR count). The third kappa shape index (κ3) is 41.0. The van der Waals surface area contributed by atoms with Crippen LogP contribution in [0.4, 0.5) is 0 Å². The van der Waals surface area contributed by atoms with Crippen molar-refractivity contribution >= 4 is 5.97 Å². The second kappa shape index (κ2) is 41.1. The summed E-state index contributed by atoms with van der Waals surface area (Å²) < 4.78 is 59.0. The molecule has 0 unspecified atom stereocenters. The van der Waals surface area contributed by atoms with Crippen LogP contribution < -0.4 is 0 Å². The minimum absolute atomic E-state index is 0.135. The van der Waals surface area contributed by atoms with Crippen LogP contribution in [0.5, 0.6) is 0 Å². The van der Waals surface area contributed by atoms with E-state index in [0.29, 0.717) is 139 Å². The molecule has 0 fully saturated rings. The lowest BCUT2D eigenvalue weighted by atomic mass is 10.1. The van der Waals surface area contributed by atoms with Gasteiger partial charge in [-0.05, 0) is 6.42 Å². The first-order valence-electron chi connectivity index (χ1n) is 17.2. The van der Waals surface area contributed by atoms with Crippen LogP contribution in [0.25, 0.3) is 0 Å². The molecule has 0 saturated heterocycles. The van der Waals surface area contributed by atoms with Crippen LogP contribution in [0.3, 0.4) is 0 Å². The van der Waals surface area contributed by atoms with E-state index in [2.05, 4.69) is 6.92 Å². The van der Waals surface area contributed by atoms with Gasteiger partial charge in [-0.25, -0.2) is 0 Å². The molecule has 0 aliphatic carbocycles. The Labute approximate surface area is 273 Å². The number of esters is 1. The number of unbranched alkanes of at least 4 members (excludes halogenated alkanes) is 8. The van der Waals surface area contributed by atoms with Gasteiger partial charge in [-0.15, -0.1) is 0 Å². The second-order valence-electron chi connectivity index (χ2n) is 10.3. The number of carbonyl (C=O) groups is 1. The molecular formula is C33H66O12. The SMILES string of the molecule is CCCCCCCCCCCC(=O)OCCOCCOCCOCCOCCOCCOCCOCCOCCOCCOC.